The van der Waals surface area contributed by atoms with Gasteiger partial charge < -0.3 is 5.32 Å². The van der Waals surface area contributed by atoms with Crippen LogP contribution in [-0.2, 0) is 30.7 Å². The molecule has 0 radical (unpaired) electrons. The van der Waals surface area contributed by atoms with Crippen molar-refractivity contribution in [3.05, 3.63) is 131 Å². The number of nitrogens with one attached hydrogen (secondary N) is 1. The second kappa shape index (κ2) is 12.6. The zero-order chi connectivity index (χ0) is 27.6. The third kappa shape index (κ3) is 6.03. The molecule has 0 saturated carbocycles. The number of aromatic nitrogens is 1. The lowest BCUT2D eigenvalue weighted by Crippen LogP contribution is -2.29. The monoisotopic (exact) mass is 607 g/mol. The molecule has 42 heavy (non-hydrogen) atoms. The fraction of sp³-hybridized carbons (Fsp3) is 0.143. The van der Waals surface area contributed by atoms with Gasteiger partial charge in [0, 0.05) is 30.1 Å². The molecule has 0 atom stereocenters. The van der Waals surface area contributed by atoms with Crippen LogP contribution in [0.1, 0.15) is 21.6 Å². The lowest BCUT2D eigenvalue weighted by Gasteiger charge is -2.27. The van der Waals surface area contributed by atoms with E-state index in [-0.39, 0.29) is 18.3 Å². The summed E-state index contributed by atoms with van der Waals surface area (Å²) in [5.74, 6) is -0.000407. The summed E-state index contributed by atoms with van der Waals surface area (Å²) in [4.78, 5) is 22.2. The third-order valence-electron chi connectivity index (χ3n) is 7.57. The van der Waals surface area contributed by atoms with Gasteiger partial charge in [-0.05, 0) is 46.4 Å². The molecule has 7 rings (SSSR count). The van der Waals surface area contributed by atoms with Gasteiger partial charge in [0.1, 0.15) is 10.0 Å². The van der Waals surface area contributed by atoms with E-state index in [9.17, 15) is 4.79 Å². The lowest BCUT2D eigenvalue weighted by molar-refractivity contribution is -0.115. The van der Waals surface area contributed by atoms with E-state index in [0.717, 1.165) is 58.3 Å². The first-order chi connectivity index (χ1) is 20.2. The van der Waals surface area contributed by atoms with Crippen LogP contribution in [0.5, 0.6) is 0 Å². The summed E-state index contributed by atoms with van der Waals surface area (Å²) in [7, 11) is 0. The smallest absolute Gasteiger partial charge is 0.229 e. The maximum absolute atomic E-state index is 13.4. The van der Waals surface area contributed by atoms with E-state index < -0.39 is 0 Å². The van der Waals surface area contributed by atoms with Gasteiger partial charge in [0.15, 0.2) is 0 Å². The molecule has 4 nitrogen and oxygen atoms in total. The average molecular weight is 608 g/mol. The first-order valence-electron chi connectivity index (χ1n) is 13.9. The molecule has 0 saturated heterocycles. The normalized spacial score (nSPS) is 13.0. The minimum absolute atomic E-state index is 0. The average Bonchev–Trinajstić information content (AvgIpc) is 3.59. The van der Waals surface area contributed by atoms with Crippen molar-refractivity contribution in [1.82, 2.24) is 9.88 Å². The van der Waals surface area contributed by atoms with Crippen LogP contribution in [-0.4, -0.2) is 22.3 Å². The van der Waals surface area contributed by atoms with Crippen LogP contribution in [0.3, 0.4) is 0 Å². The molecular formula is C35H30ClN3OS2. The van der Waals surface area contributed by atoms with E-state index in [0.29, 0.717) is 6.42 Å². The zero-order valence-corrected chi connectivity index (χ0v) is 25.4. The van der Waals surface area contributed by atoms with Crippen molar-refractivity contribution in [1.29, 1.82) is 0 Å². The van der Waals surface area contributed by atoms with E-state index in [1.807, 2.05) is 24.3 Å². The highest BCUT2D eigenvalue weighted by atomic mass is 35.5. The molecule has 0 unspecified atom stereocenters. The van der Waals surface area contributed by atoms with Crippen molar-refractivity contribution in [2.75, 3.05) is 11.9 Å². The highest BCUT2D eigenvalue weighted by Gasteiger charge is 2.28. The summed E-state index contributed by atoms with van der Waals surface area (Å²) in [5.41, 5.74) is 8.10. The van der Waals surface area contributed by atoms with Crippen molar-refractivity contribution < 1.29 is 4.79 Å². The second-order valence-corrected chi connectivity index (χ2v) is 12.6. The number of carbonyl (C=O) groups excluding carboxylic acids is 1. The molecule has 4 aromatic carbocycles. The van der Waals surface area contributed by atoms with Gasteiger partial charge in [-0.25, -0.2) is 4.98 Å². The quantitative estimate of drug-likeness (QED) is 0.197. The summed E-state index contributed by atoms with van der Waals surface area (Å²) in [5, 5.41) is 5.20. The summed E-state index contributed by atoms with van der Waals surface area (Å²) in [6, 6.07) is 37.5. The number of benzene rings is 4. The molecule has 1 aliphatic heterocycles. The molecule has 3 heterocycles. The van der Waals surface area contributed by atoms with Gasteiger partial charge in [-0.2, -0.15) is 0 Å². The number of amides is 1. The van der Waals surface area contributed by atoms with Crippen LogP contribution in [0.2, 0.25) is 0 Å². The SMILES string of the molecule is Cl.O=C(Cc1ccc(-c2ccccc2)cc1)Nc1sc2c(c1-c1nc3ccccc3s1)CCN(Cc1ccccc1)C2. The Morgan fingerprint density at radius 3 is 2.24 bits per heavy atom. The van der Waals surface area contributed by atoms with Gasteiger partial charge in [-0.1, -0.05) is 97.1 Å². The molecule has 1 N–H and O–H groups in total. The summed E-state index contributed by atoms with van der Waals surface area (Å²) in [6.45, 7) is 2.79. The Bertz CT molecular complexity index is 1780. The van der Waals surface area contributed by atoms with E-state index in [1.165, 1.54) is 26.3 Å². The standard InChI is InChI=1S/C35H29N3OS2.ClH/c39-32(21-24-15-17-27(18-16-24)26-11-5-2-6-12-26)37-35-33(34-36-29-13-7-8-14-30(29)40-34)28-19-20-38(23-31(28)41-35)22-25-9-3-1-4-10-25;/h1-18H,19-23H2,(H,37,39);1H. The van der Waals surface area contributed by atoms with Gasteiger partial charge in [0.25, 0.3) is 0 Å². The summed E-state index contributed by atoms with van der Waals surface area (Å²) in [6.07, 6.45) is 1.28. The maximum atomic E-state index is 13.4. The Labute approximate surface area is 260 Å². The topological polar surface area (TPSA) is 45.2 Å². The summed E-state index contributed by atoms with van der Waals surface area (Å²) >= 11 is 3.42. The van der Waals surface area contributed by atoms with Crippen LogP contribution >= 0.6 is 35.1 Å². The van der Waals surface area contributed by atoms with Gasteiger partial charge >= 0.3 is 0 Å². The molecule has 7 heteroatoms. The van der Waals surface area contributed by atoms with Crippen molar-refractivity contribution in [2.45, 2.75) is 25.9 Å². The minimum atomic E-state index is -0.000407. The Balaban J connectivity index is 0.00000316. The van der Waals surface area contributed by atoms with Gasteiger partial charge in [0.2, 0.25) is 5.91 Å². The van der Waals surface area contributed by atoms with Crippen molar-refractivity contribution in [2.24, 2.45) is 0 Å². The van der Waals surface area contributed by atoms with Crippen LogP contribution in [0.4, 0.5) is 5.00 Å². The van der Waals surface area contributed by atoms with Crippen molar-refractivity contribution in [3.8, 4) is 21.7 Å². The predicted octanol–water partition coefficient (Wildman–Crippen LogP) is 8.85. The Morgan fingerprint density at radius 1 is 0.786 bits per heavy atom. The Morgan fingerprint density at radius 2 is 1.48 bits per heavy atom. The Hall–Kier alpha value is -3.81. The number of carbonyl (C=O) groups is 1. The number of fused-ring (bicyclic) bond motifs is 2. The van der Waals surface area contributed by atoms with Crippen LogP contribution in [0.25, 0.3) is 31.9 Å². The first kappa shape index (κ1) is 28.3. The highest BCUT2D eigenvalue weighted by Crippen LogP contribution is 2.46. The fourth-order valence-corrected chi connectivity index (χ4v) is 7.95. The van der Waals surface area contributed by atoms with E-state index in [2.05, 4.69) is 95.1 Å². The fourth-order valence-electron chi connectivity index (χ4n) is 5.53. The molecule has 2 aromatic heterocycles. The number of para-hydroxylation sites is 1. The molecule has 0 spiro atoms. The number of thiophene rings is 1. The van der Waals surface area contributed by atoms with Crippen LogP contribution < -0.4 is 5.32 Å². The molecule has 0 bridgehead atoms. The predicted molar refractivity (Wildman–Crippen MR) is 179 cm³/mol. The van der Waals surface area contributed by atoms with Gasteiger partial charge in [-0.15, -0.1) is 35.1 Å². The van der Waals surface area contributed by atoms with E-state index in [1.54, 1.807) is 22.7 Å². The van der Waals surface area contributed by atoms with Gasteiger partial charge in [0.05, 0.1) is 16.6 Å². The molecule has 0 fully saturated rings. The van der Waals surface area contributed by atoms with E-state index in [4.69, 9.17) is 4.98 Å². The second-order valence-electron chi connectivity index (χ2n) is 10.4. The van der Waals surface area contributed by atoms with Gasteiger partial charge in [-0.3, -0.25) is 9.69 Å². The number of hydrogen-bond donors (Lipinski definition) is 1. The number of rotatable bonds is 7. The van der Waals surface area contributed by atoms with Crippen LogP contribution in [0.15, 0.2) is 109 Å². The molecule has 1 amide bonds. The highest BCUT2D eigenvalue weighted by molar-refractivity contribution is 7.22. The zero-order valence-electron chi connectivity index (χ0n) is 23.0. The third-order valence-corrected chi connectivity index (χ3v) is 9.76. The first-order valence-corrected chi connectivity index (χ1v) is 15.5. The van der Waals surface area contributed by atoms with Crippen molar-refractivity contribution >= 4 is 56.2 Å². The minimum Gasteiger partial charge on any atom is -0.317 e. The summed E-state index contributed by atoms with van der Waals surface area (Å²) < 4.78 is 1.17. The van der Waals surface area contributed by atoms with Crippen molar-refractivity contribution in [3.63, 3.8) is 0 Å². The van der Waals surface area contributed by atoms with E-state index >= 15 is 0 Å². The lowest BCUT2D eigenvalue weighted by atomic mass is 10.0. The molecular weight excluding hydrogens is 578 g/mol. The number of halogens is 1. The van der Waals surface area contributed by atoms with Crippen LogP contribution in [0, 0.1) is 0 Å². The molecule has 6 aromatic rings. The largest absolute Gasteiger partial charge is 0.317 e. The number of thiazole rings is 1. The number of nitrogens with zero attached hydrogens (tertiary/aromatic N) is 2. The molecule has 0 aliphatic carbocycles. The number of hydrogen-bond acceptors (Lipinski definition) is 5. The Kier molecular flexibility index (Phi) is 8.49. The molecule has 1 aliphatic rings. The molecule has 210 valence electrons. The maximum Gasteiger partial charge on any atom is 0.229 e. The number of anilines is 1.